The molecule has 0 spiro atoms. The number of aromatic nitrogens is 2. The van der Waals surface area contributed by atoms with Gasteiger partial charge in [-0.15, -0.1) is 11.6 Å². The molecule has 0 saturated heterocycles. The van der Waals surface area contributed by atoms with E-state index in [-0.39, 0.29) is 22.0 Å². The van der Waals surface area contributed by atoms with E-state index >= 15 is 0 Å². The standard InChI is InChI=1S/C14H14BrClF2N2/c1-7(16)13-8(2)19-20(9(13)3)6-10-12(17)5-4-11(15)14(10)18/h4-5,7H,6H2,1-3H3. The van der Waals surface area contributed by atoms with Gasteiger partial charge >= 0.3 is 0 Å². The molecule has 0 amide bonds. The number of alkyl halides is 1. The molecule has 0 radical (unpaired) electrons. The Balaban J connectivity index is 2.46. The summed E-state index contributed by atoms with van der Waals surface area (Å²) in [5.74, 6) is -1.18. The fourth-order valence-electron chi connectivity index (χ4n) is 2.30. The van der Waals surface area contributed by atoms with Gasteiger partial charge in [0, 0.05) is 16.8 Å². The van der Waals surface area contributed by atoms with Crippen molar-refractivity contribution < 1.29 is 8.78 Å². The van der Waals surface area contributed by atoms with Crippen molar-refractivity contribution in [2.75, 3.05) is 0 Å². The summed E-state index contributed by atoms with van der Waals surface area (Å²) in [6.07, 6.45) is 0. The zero-order valence-electron chi connectivity index (χ0n) is 11.3. The third-order valence-electron chi connectivity index (χ3n) is 3.28. The van der Waals surface area contributed by atoms with Gasteiger partial charge in [-0.25, -0.2) is 8.78 Å². The predicted molar refractivity (Wildman–Crippen MR) is 79.1 cm³/mol. The van der Waals surface area contributed by atoms with Crippen molar-refractivity contribution in [2.24, 2.45) is 0 Å². The fourth-order valence-corrected chi connectivity index (χ4v) is 2.99. The highest BCUT2D eigenvalue weighted by Gasteiger charge is 2.19. The third-order valence-corrected chi connectivity index (χ3v) is 4.11. The maximum absolute atomic E-state index is 14.0. The summed E-state index contributed by atoms with van der Waals surface area (Å²) in [7, 11) is 0. The van der Waals surface area contributed by atoms with Crippen LogP contribution in [0.2, 0.25) is 0 Å². The number of benzene rings is 1. The summed E-state index contributed by atoms with van der Waals surface area (Å²) in [5.41, 5.74) is 2.49. The van der Waals surface area contributed by atoms with E-state index in [0.717, 1.165) is 17.0 Å². The first-order chi connectivity index (χ1) is 9.32. The molecule has 1 aromatic heterocycles. The number of hydrogen-bond donors (Lipinski definition) is 0. The minimum Gasteiger partial charge on any atom is -0.265 e. The first kappa shape index (κ1) is 15.4. The Morgan fingerprint density at radius 1 is 1.35 bits per heavy atom. The van der Waals surface area contributed by atoms with Crippen molar-refractivity contribution in [3.63, 3.8) is 0 Å². The van der Waals surface area contributed by atoms with Gasteiger partial charge in [0.25, 0.3) is 0 Å². The highest BCUT2D eigenvalue weighted by Crippen LogP contribution is 2.28. The zero-order valence-corrected chi connectivity index (χ0v) is 13.7. The Kier molecular flexibility index (Phi) is 4.49. The van der Waals surface area contributed by atoms with E-state index in [9.17, 15) is 8.78 Å². The maximum Gasteiger partial charge on any atom is 0.145 e. The Labute approximate surface area is 129 Å². The molecule has 0 fully saturated rings. The van der Waals surface area contributed by atoms with E-state index in [0.29, 0.717) is 0 Å². The van der Waals surface area contributed by atoms with Crippen molar-refractivity contribution in [1.29, 1.82) is 0 Å². The summed E-state index contributed by atoms with van der Waals surface area (Å²) in [4.78, 5) is 0. The van der Waals surface area contributed by atoms with Crippen LogP contribution >= 0.6 is 27.5 Å². The Morgan fingerprint density at radius 3 is 2.55 bits per heavy atom. The molecule has 1 aromatic carbocycles. The molecule has 1 unspecified atom stereocenters. The van der Waals surface area contributed by atoms with E-state index in [1.165, 1.54) is 12.1 Å². The second-order valence-corrected chi connectivity index (χ2v) is 6.19. The monoisotopic (exact) mass is 362 g/mol. The van der Waals surface area contributed by atoms with Gasteiger partial charge in [-0.05, 0) is 48.8 Å². The molecule has 2 nitrogen and oxygen atoms in total. The Morgan fingerprint density at radius 2 is 2.00 bits per heavy atom. The highest BCUT2D eigenvalue weighted by atomic mass is 79.9. The molecular formula is C14H14BrClF2N2. The summed E-state index contributed by atoms with van der Waals surface area (Å²) >= 11 is 9.17. The lowest BCUT2D eigenvalue weighted by atomic mass is 10.1. The summed E-state index contributed by atoms with van der Waals surface area (Å²) in [6, 6.07) is 2.58. The molecule has 6 heteroatoms. The normalized spacial score (nSPS) is 12.8. The van der Waals surface area contributed by atoms with Gasteiger partial charge in [-0.2, -0.15) is 5.10 Å². The van der Waals surface area contributed by atoms with E-state index in [4.69, 9.17) is 11.6 Å². The van der Waals surface area contributed by atoms with Gasteiger partial charge in [0.2, 0.25) is 0 Å². The molecule has 0 aliphatic heterocycles. The molecule has 20 heavy (non-hydrogen) atoms. The molecule has 0 N–H and O–H groups in total. The number of rotatable bonds is 3. The van der Waals surface area contributed by atoms with Crippen LogP contribution in [0.3, 0.4) is 0 Å². The van der Waals surface area contributed by atoms with Crippen molar-refractivity contribution >= 4 is 27.5 Å². The van der Waals surface area contributed by atoms with Crippen molar-refractivity contribution in [3.8, 4) is 0 Å². The molecule has 0 bridgehead atoms. The summed E-state index contributed by atoms with van der Waals surface area (Å²) < 4.78 is 29.6. The molecular weight excluding hydrogens is 350 g/mol. The van der Waals surface area contributed by atoms with Gasteiger partial charge in [0.05, 0.1) is 22.1 Å². The van der Waals surface area contributed by atoms with Crippen molar-refractivity contribution in [3.05, 3.63) is 50.8 Å². The minimum atomic E-state index is -0.599. The van der Waals surface area contributed by atoms with E-state index in [1.54, 1.807) is 4.68 Å². The van der Waals surface area contributed by atoms with Crippen LogP contribution in [-0.2, 0) is 6.54 Å². The highest BCUT2D eigenvalue weighted by molar-refractivity contribution is 9.10. The smallest absolute Gasteiger partial charge is 0.145 e. The van der Waals surface area contributed by atoms with E-state index in [2.05, 4.69) is 21.0 Å². The van der Waals surface area contributed by atoms with E-state index < -0.39 is 11.6 Å². The van der Waals surface area contributed by atoms with Crippen molar-refractivity contribution in [2.45, 2.75) is 32.7 Å². The zero-order chi connectivity index (χ0) is 15.0. The van der Waals surface area contributed by atoms with Gasteiger partial charge < -0.3 is 0 Å². The van der Waals surface area contributed by atoms with Crippen LogP contribution in [0.15, 0.2) is 16.6 Å². The SMILES string of the molecule is Cc1nn(Cc2c(F)ccc(Br)c2F)c(C)c1C(C)Cl. The molecule has 0 aliphatic rings. The van der Waals surface area contributed by atoms with E-state index in [1.807, 2.05) is 20.8 Å². The largest absolute Gasteiger partial charge is 0.265 e. The molecule has 2 rings (SSSR count). The van der Waals surface area contributed by atoms with Crippen LogP contribution in [0, 0.1) is 25.5 Å². The average molecular weight is 364 g/mol. The van der Waals surface area contributed by atoms with Crippen LogP contribution in [-0.4, -0.2) is 9.78 Å². The quantitative estimate of drug-likeness (QED) is 0.561. The van der Waals surface area contributed by atoms with Crippen LogP contribution in [0.4, 0.5) is 8.78 Å². The van der Waals surface area contributed by atoms with Gasteiger partial charge in [-0.1, -0.05) is 0 Å². The van der Waals surface area contributed by atoms with Crippen LogP contribution in [0.5, 0.6) is 0 Å². The molecule has 2 aromatic rings. The topological polar surface area (TPSA) is 17.8 Å². The predicted octanol–water partition coefficient (Wildman–Crippen LogP) is 4.89. The van der Waals surface area contributed by atoms with Gasteiger partial charge in [0.1, 0.15) is 11.6 Å². The first-order valence-corrected chi connectivity index (χ1v) is 7.36. The summed E-state index contributed by atoms with van der Waals surface area (Å²) in [5, 5.41) is 4.13. The lowest BCUT2D eigenvalue weighted by Crippen LogP contribution is -2.08. The minimum absolute atomic E-state index is 0.0150. The lowest BCUT2D eigenvalue weighted by molar-refractivity contribution is 0.525. The first-order valence-electron chi connectivity index (χ1n) is 6.13. The average Bonchev–Trinajstić information content (AvgIpc) is 2.64. The number of halogens is 4. The lowest BCUT2D eigenvalue weighted by Gasteiger charge is -2.09. The molecule has 0 aliphatic carbocycles. The van der Waals surface area contributed by atoms with Crippen molar-refractivity contribution in [1.82, 2.24) is 9.78 Å². The summed E-state index contributed by atoms with van der Waals surface area (Å²) in [6.45, 7) is 5.57. The third kappa shape index (κ3) is 2.74. The molecule has 0 saturated carbocycles. The second-order valence-electron chi connectivity index (χ2n) is 4.68. The fraction of sp³-hybridized carbons (Fsp3) is 0.357. The maximum atomic E-state index is 14.0. The molecule has 108 valence electrons. The van der Waals surface area contributed by atoms with Crippen LogP contribution < -0.4 is 0 Å². The second kappa shape index (κ2) is 5.82. The van der Waals surface area contributed by atoms with Crippen LogP contribution in [0.1, 0.15) is 34.8 Å². The van der Waals surface area contributed by atoms with Gasteiger partial charge in [0.15, 0.2) is 0 Å². The Hall–Kier alpha value is -0.940. The van der Waals surface area contributed by atoms with Gasteiger partial charge in [-0.3, -0.25) is 4.68 Å². The van der Waals surface area contributed by atoms with Crippen LogP contribution in [0.25, 0.3) is 0 Å². The number of aryl methyl sites for hydroxylation is 1. The Bertz CT molecular complexity index is 653. The molecule has 1 heterocycles. The number of nitrogens with zero attached hydrogens (tertiary/aromatic N) is 2. The molecule has 1 atom stereocenters. The number of hydrogen-bond acceptors (Lipinski definition) is 1.